The number of nitro groups is 1. The number of aromatic hydroxyl groups is 1. The predicted octanol–water partition coefficient (Wildman–Crippen LogP) is 4.49. The van der Waals surface area contributed by atoms with Crippen molar-refractivity contribution in [3.05, 3.63) is 88.5 Å². The topological polar surface area (TPSA) is 111 Å². The van der Waals surface area contributed by atoms with Crippen molar-refractivity contribution in [2.75, 3.05) is 56.0 Å². The molecule has 41 heavy (non-hydrogen) atoms. The predicted molar refractivity (Wildman–Crippen MR) is 158 cm³/mol. The van der Waals surface area contributed by atoms with Gasteiger partial charge in [-0.25, -0.2) is 0 Å². The maximum atomic E-state index is 12.9. The summed E-state index contributed by atoms with van der Waals surface area (Å²) in [4.78, 5) is 29.8. The van der Waals surface area contributed by atoms with Gasteiger partial charge in [0.2, 0.25) is 5.91 Å². The Morgan fingerprint density at radius 3 is 2.32 bits per heavy atom. The molecule has 2 saturated heterocycles. The molecule has 216 valence electrons. The first kappa shape index (κ1) is 28.2. The number of benzene rings is 3. The summed E-state index contributed by atoms with van der Waals surface area (Å²) in [6, 6.07) is 22.9. The highest BCUT2D eigenvalue weighted by atomic mass is 16.6. The first-order chi connectivity index (χ1) is 19.9. The van der Waals surface area contributed by atoms with E-state index in [4.69, 9.17) is 4.74 Å². The molecule has 10 heteroatoms. The average molecular weight is 560 g/mol. The van der Waals surface area contributed by atoms with E-state index < -0.39 is 4.92 Å². The maximum Gasteiger partial charge on any atom is 0.310 e. The zero-order valence-electron chi connectivity index (χ0n) is 23.2. The van der Waals surface area contributed by atoms with Crippen LogP contribution in [0.5, 0.6) is 11.5 Å². The third kappa shape index (κ3) is 7.67. The van der Waals surface area contributed by atoms with E-state index in [1.54, 1.807) is 6.07 Å². The number of carbonyl (C=O) groups is 1. The Morgan fingerprint density at radius 2 is 1.66 bits per heavy atom. The summed E-state index contributed by atoms with van der Waals surface area (Å²) in [7, 11) is 0. The van der Waals surface area contributed by atoms with Crippen molar-refractivity contribution in [2.24, 2.45) is 0 Å². The number of nitro benzene ring substituents is 1. The molecule has 2 N–H and O–H groups in total. The molecule has 2 heterocycles. The second kappa shape index (κ2) is 13.4. The lowest BCUT2D eigenvalue weighted by molar-refractivity contribution is -0.385. The maximum absolute atomic E-state index is 12.9. The van der Waals surface area contributed by atoms with E-state index in [0.29, 0.717) is 31.8 Å². The molecule has 3 aromatic carbocycles. The number of nitrogens with one attached hydrogen (secondary N) is 1. The van der Waals surface area contributed by atoms with Crippen LogP contribution in [0.4, 0.5) is 17.1 Å². The van der Waals surface area contributed by atoms with Gasteiger partial charge in [0.25, 0.3) is 0 Å². The summed E-state index contributed by atoms with van der Waals surface area (Å²) in [5, 5.41) is 24.1. The van der Waals surface area contributed by atoms with Crippen LogP contribution in [0.15, 0.2) is 72.8 Å². The lowest BCUT2D eigenvalue weighted by Gasteiger charge is -2.37. The Labute approximate surface area is 240 Å². The molecule has 0 spiro atoms. The van der Waals surface area contributed by atoms with Crippen LogP contribution in [-0.4, -0.2) is 77.6 Å². The Morgan fingerprint density at radius 1 is 0.951 bits per heavy atom. The zero-order valence-corrected chi connectivity index (χ0v) is 23.2. The minimum absolute atomic E-state index is 0.150. The molecular weight excluding hydrogens is 522 g/mol. The summed E-state index contributed by atoms with van der Waals surface area (Å²) < 4.78 is 5.91. The van der Waals surface area contributed by atoms with E-state index in [9.17, 15) is 20.0 Å². The highest BCUT2D eigenvalue weighted by Gasteiger charge is 2.24. The third-order valence-corrected chi connectivity index (χ3v) is 7.85. The summed E-state index contributed by atoms with van der Waals surface area (Å²) in [6.07, 6.45) is 2.10. The Balaban J connectivity index is 0.989. The molecule has 2 fully saturated rings. The normalized spacial score (nSPS) is 16.4. The van der Waals surface area contributed by atoms with Crippen molar-refractivity contribution >= 4 is 23.0 Å². The summed E-state index contributed by atoms with van der Waals surface area (Å²) >= 11 is 0. The van der Waals surface area contributed by atoms with E-state index in [1.165, 1.54) is 17.8 Å². The molecule has 1 amide bonds. The van der Waals surface area contributed by atoms with E-state index in [2.05, 4.69) is 39.4 Å². The lowest BCUT2D eigenvalue weighted by Crippen LogP contribution is -2.48. The van der Waals surface area contributed by atoms with Crippen molar-refractivity contribution in [3.63, 3.8) is 0 Å². The Kier molecular flexibility index (Phi) is 9.20. The van der Waals surface area contributed by atoms with Gasteiger partial charge >= 0.3 is 5.69 Å². The molecule has 10 nitrogen and oxygen atoms in total. The number of phenols is 1. The number of likely N-dealkylation sites (tertiary alicyclic amines) is 1. The third-order valence-electron chi connectivity index (χ3n) is 7.85. The molecule has 0 aromatic heterocycles. The molecule has 0 saturated carbocycles. The highest BCUT2D eigenvalue weighted by molar-refractivity contribution is 5.76. The molecular formula is C31H37N5O5. The van der Waals surface area contributed by atoms with E-state index in [-0.39, 0.29) is 23.4 Å². The number of amides is 1. The van der Waals surface area contributed by atoms with Gasteiger partial charge in [-0.3, -0.25) is 19.8 Å². The van der Waals surface area contributed by atoms with Crippen LogP contribution >= 0.6 is 0 Å². The zero-order chi connectivity index (χ0) is 28.6. The summed E-state index contributed by atoms with van der Waals surface area (Å²) in [6.45, 7) is 6.37. The number of ether oxygens (including phenoxy) is 1. The van der Waals surface area contributed by atoms with Gasteiger partial charge in [-0.05, 0) is 48.7 Å². The van der Waals surface area contributed by atoms with Crippen LogP contribution in [0, 0.1) is 10.1 Å². The number of hydrogen-bond acceptors (Lipinski definition) is 8. The Hall–Kier alpha value is -4.31. The van der Waals surface area contributed by atoms with Crippen LogP contribution in [-0.2, 0) is 11.4 Å². The van der Waals surface area contributed by atoms with Gasteiger partial charge < -0.3 is 25.0 Å². The van der Waals surface area contributed by atoms with Gasteiger partial charge in [-0.2, -0.15) is 0 Å². The fourth-order valence-electron chi connectivity index (χ4n) is 5.41. The largest absolute Gasteiger partial charge is 0.502 e. The second-order valence-electron chi connectivity index (χ2n) is 10.6. The number of carbonyl (C=O) groups excluding carboxylic acids is 1. The smallest absolute Gasteiger partial charge is 0.310 e. The van der Waals surface area contributed by atoms with Crippen molar-refractivity contribution in [3.8, 4) is 11.5 Å². The van der Waals surface area contributed by atoms with Gasteiger partial charge in [0.05, 0.1) is 4.92 Å². The number of phenolic OH excluding ortho intramolecular Hbond substituents is 1. The molecule has 5 rings (SSSR count). The van der Waals surface area contributed by atoms with Gasteiger partial charge in [0, 0.05) is 81.8 Å². The van der Waals surface area contributed by atoms with E-state index in [0.717, 1.165) is 56.9 Å². The number of anilines is 2. The number of piperidine rings is 1. The number of hydrogen-bond donors (Lipinski definition) is 2. The average Bonchev–Trinajstić information content (AvgIpc) is 3.00. The molecule has 3 aromatic rings. The standard InChI is InChI=1S/C31H37N5O5/c37-30-22-26(6-11-29(30)36(39)40)32-25-12-16-35(17-13-25)31(38)14-15-33-18-20-34(21-19-33)27-7-9-28(10-8-27)41-23-24-4-2-1-3-5-24/h1-11,22,25,32,37H,12-21,23H2. The second-order valence-corrected chi connectivity index (χ2v) is 10.6. The lowest BCUT2D eigenvalue weighted by atomic mass is 10.0. The molecule has 2 aliphatic heterocycles. The minimum Gasteiger partial charge on any atom is -0.502 e. The fraction of sp³-hybridized carbons (Fsp3) is 0.387. The van der Waals surface area contributed by atoms with Crippen molar-refractivity contribution in [1.29, 1.82) is 0 Å². The fourth-order valence-corrected chi connectivity index (χ4v) is 5.41. The van der Waals surface area contributed by atoms with E-state index in [1.807, 2.05) is 35.2 Å². The van der Waals surface area contributed by atoms with Gasteiger partial charge in [-0.1, -0.05) is 30.3 Å². The van der Waals surface area contributed by atoms with Crippen molar-refractivity contribution in [1.82, 2.24) is 9.80 Å². The molecule has 0 radical (unpaired) electrons. The summed E-state index contributed by atoms with van der Waals surface area (Å²) in [5.41, 5.74) is 2.67. The van der Waals surface area contributed by atoms with Crippen molar-refractivity contribution in [2.45, 2.75) is 31.9 Å². The number of piperazine rings is 1. The van der Waals surface area contributed by atoms with Crippen LogP contribution in [0.25, 0.3) is 0 Å². The molecule has 0 bridgehead atoms. The number of rotatable bonds is 10. The highest BCUT2D eigenvalue weighted by Crippen LogP contribution is 2.29. The quantitative estimate of drug-likeness (QED) is 0.276. The van der Waals surface area contributed by atoms with Gasteiger partial charge in [0.1, 0.15) is 12.4 Å². The van der Waals surface area contributed by atoms with Gasteiger partial charge in [-0.15, -0.1) is 0 Å². The molecule has 2 aliphatic rings. The number of nitrogens with zero attached hydrogens (tertiary/aromatic N) is 4. The molecule has 0 aliphatic carbocycles. The summed E-state index contributed by atoms with van der Waals surface area (Å²) in [5.74, 6) is 0.695. The van der Waals surface area contributed by atoms with E-state index >= 15 is 0 Å². The van der Waals surface area contributed by atoms with Crippen LogP contribution in [0.3, 0.4) is 0 Å². The van der Waals surface area contributed by atoms with Crippen LogP contribution in [0.2, 0.25) is 0 Å². The van der Waals surface area contributed by atoms with Crippen molar-refractivity contribution < 1.29 is 19.6 Å². The molecule has 0 atom stereocenters. The van der Waals surface area contributed by atoms with Gasteiger partial charge in [0.15, 0.2) is 5.75 Å². The first-order valence-electron chi connectivity index (χ1n) is 14.2. The van der Waals surface area contributed by atoms with Crippen LogP contribution < -0.4 is 15.0 Å². The SMILES string of the molecule is O=C(CCN1CCN(c2ccc(OCc3ccccc3)cc2)CC1)N1CCC(Nc2ccc([N+](=O)[O-])c(O)c2)CC1. The molecule has 0 unspecified atom stereocenters. The minimum atomic E-state index is -0.606. The first-order valence-corrected chi connectivity index (χ1v) is 14.2. The monoisotopic (exact) mass is 559 g/mol. The Bertz CT molecular complexity index is 1300. The van der Waals surface area contributed by atoms with Crippen LogP contribution in [0.1, 0.15) is 24.8 Å².